The molecule has 2 fully saturated rings. The molecule has 0 aromatic carbocycles. The van der Waals surface area contributed by atoms with Gasteiger partial charge in [0, 0.05) is 44.2 Å². The Hall–Kier alpha value is -1.20. The second-order valence-corrected chi connectivity index (χ2v) is 5.72. The van der Waals surface area contributed by atoms with E-state index in [1.54, 1.807) is 0 Å². The van der Waals surface area contributed by atoms with Gasteiger partial charge < -0.3 is 15.0 Å². The Kier molecular flexibility index (Phi) is 4.47. The van der Waals surface area contributed by atoms with Crippen molar-refractivity contribution in [1.29, 1.82) is 0 Å². The van der Waals surface area contributed by atoms with Crippen LogP contribution in [0.1, 0.15) is 32.6 Å². The van der Waals surface area contributed by atoms with Crippen LogP contribution in [0.4, 0.5) is 5.95 Å². The van der Waals surface area contributed by atoms with E-state index in [1.165, 1.54) is 25.7 Å². The lowest BCUT2D eigenvalue weighted by molar-refractivity contribution is -0.0130. The molecule has 1 aromatic rings. The summed E-state index contributed by atoms with van der Waals surface area (Å²) in [6, 6.07) is 3.17. The van der Waals surface area contributed by atoms with Gasteiger partial charge in [0.25, 0.3) is 0 Å². The lowest BCUT2D eigenvalue weighted by Crippen LogP contribution is -2.52. The maximum Gasteiger partial charge on any atom is 0.225 e. The lowest BCUT2D eigenvalue weighted by Gasteiger charge is -2.40. The van der Waals surface area contributed by atoms with Gasteiger partial charge in [0.05, 0.1) is 6.10 Å². The van der Waals surface area contributed by atoms with Crippen LogP contribution in [0.3, 0.4) is 0 Å². The molecule has 1 aliphatic heterocycles. The number of rotatable bonds is 5. The molecule has 2 heterocycles. The Bertz CT molecular complexity index is 400. The standard InChI is InChI=1S/C15H24N4O/c1-2-20-14-10-13(11-14)18-12-4-8-19(9-5-12)15-16-6-3-7-17-15/h3,6-7,12-14,18H,2,4-5,8-11H2,1H3. The molecule has 1 saturated carbocycles. The van der Waals surface area contributed by atoms with E-state index < -0.39 is 0 Å². The smallest absolute Gasteiger partial charge is 0.225 e. The van der Waals surface area contributed by atoms with E-state index in [4.69, 9.17) is 4.74 Å². The zero-order valence-corrected chi connectivity index (χ0v) is 12.2. The fraction of sp³-hybridized carbons (Fsp3) is 0.733. The zero-order chi connectivity index (χ0) is 13.8. The van der Waals surface area contributed by atoms with E-state index in [1.807, 2.05) is 18.5 Å². The van der Waals surface area contributed by atoms with Crippen molar-refractivity contribution in [3.63, 3.8) is 0 Å². The third-order valence-corrected chi connectivity index (χ3v) is 4.30. The number of nitrogens with zero attached hydrogens (tertiary/aromatic N) is 3. The lowest BCUT2D eigenvalue weighted by atomic mass is 9.87. The predicted molar refractivity (Wildman–Crippen MR) is 78.8 cm³/mol. The van der Waals surface area contributed by atoms with E-state index in [0.29, 0.717) is 18.2 Å². The average Bonchev–Trinajstić information content (AvgIpc) is 2.47. The SMILES string of the molecule is CCOC1CC(NC2CCN(c3ncccn3)CC2)C1. The van der Waals surface area contributed by atoms with Crippen LogP contribution in [0.5, 0.6) is 0 Å². The molecular formula is C15H24N4O. The highest BCUT2D eigenvalue weighted by atomic mass is 16.5. The maximum atomic E-state index is 5.61. The second kappa shape index (κ2) is 6.50. The highest BCUT2D eigenvalue weighted by Gasteiger charge is 2.32. The van der Waals surface area contributed by atoms with Crippen molar-refractivity contribution >= 4 is 5.95 Å². The number of hydrogen-bond acceptors (Lipinski definition) is 5. The summed E-state index contributed by atoms with van der Waals surface area (Å²) in [5.41, 5.74) is 0. The molecule has 3 rings (SSSR count). The summed E-state index contributed by atoms with van der Waals surface area (Å²) in [4.78, 5) is 10.9. The van der Waals surface area contributed by atoms with E-state index in [0.717, 1.165) is 25.6 Å². The van der Waals surface area contributed by atoms with E-state index >= 15 is 0 Å². The van der Waals surface area contributed by atoms with Crippen LogP contribution in [-0.2, 0) is 4.74 Å². The number of nitrogens with one attached hydrogen (secondary N) is 1. The Morgan fingerprint density at radius 2 is 1.90 bits per heavy atom. The molecule has 5 heteroatoms. The molecule has 0 radical (unpaired) electrons. The molecular weight excluding hydrogens is 252 g/mol. The quantitative estimate of drug-likeness (QED) is 0.885. The van der Waals surface area contributed by atoms with Crippen LogP contribution >= 0.6 is 0 Å². The Labute approximate surface area is 120 Å². The fourth-order valence-corrected chi connectivity index (χ4v) is 3.11. The van der Waals surface area contributed by atoms with Gasteiger partial charge in [0.2, 0.25) is 5.95 Å². The van der Waals surface area contributed by atoms with E-state index in [2.05, 4.69) is 27.1 Å². The largest absolute Gasteiger partial charge is 0.378 e. The van der Waals surface area contributed by atoms with Gasteiger partial charge in [-0.2, -0.15) is 0 Å². The first kappa shape index (κ1) is 13.8. The van der Waals surface area contributed by atoms with Crippen LogP contribution < -0.4 is 10.2 Å². The van der Waals surface area contributed by atoms with Crippen molar-refractivity contribution < 1.29 is 4.74 Å². The van der Waals surface area contributed by atoms with Crippen LogP contribution in [0.15, 0.2) is 18.5 Å². The molecule has 110 valence electrons. The molecule has 1 aromatic heterocycles. The number of piperidine rings is 1. The van der Waals surface area contributed by atoms with Crippen molar-refractivity contribution in [2.45, 2.75) is 50.8 Å². The normalized spacial score (nSPS) is 27.4. The van der Waals surface area contributed by atoms with Crippen molar-refractivity contribution in [3.8, 4) is 0 Å². The van der Waals surface area contributed by atoms with Gasteiger partial charge in [-0.25, -0.2) is 9.97 Å². The van der Waals surface area contributed by atoms with Gasteiger partial charge in [-0.1, -0.05) is 0 Å². The highest BCUT2D eigenvalue weighted by Crippen LogP contribution is 2.25. The Balaban J connectivity index is 1.39. The molecule has 0 amide bonds. The third-order valence-electron chi connectivity index (χ3n) is 4.30. The molecule has 2 aliphatic rings. The van der Waals surface area contributed by atoms with Crippen LogP contribution in [0.25, 0.3) is 0 Å². The number of ether oxygens (including phenoxy) is 1. The minimum atomic E-state index is 0.496. The zero-order valence-electron chi connectivity index (χ0n) is 12.2. The molecule has 0 atom stereocenters. The molecule has 0 bridgehead atoms. The summed E-state index contributed by atoms with van der Waals surface area (Å²) in [6.45, 7) is 5.00. The van der Waals surface area contributed by atoms with Crippen molar-refractivity contribution in [3.05, 3.63) is 18.5 Å². The molecule has 1 N–H and O–H groups in total. The van der Waals surface area contributed by atoms with Crippen molar-refractivity contribution in [2.75, 3.05) is 24.6 Å². The van der Waals surface area contributed by atoms with Gasteiger partial charge in [0.15, 0.2) is 0 Å². The molecule has 20 heavy (non-hydrogen) atoms. The topological polar surface area (TPSA) is 50.3 Å². The Morgan fingerprint density at radius 3 is 2.55 bits per heavy atom. The summed E-state index contributed by atoms with van der Waals surface area (Å²) in [6.07, 6.45) is 8.83. The minimum absolute atomic E-state index is 0.496. The van der Waals surface area contributed by atoms with Gasteiger partial charge in [-0.15, -0.1) is 0 Å². The van der Waals surface area contributed by atoms with Gasteiger partial charge in [-0.05, 0) is 38.7 Å². The number of anilines is 1. The Morgan fingerprint density at radius 1 is 1.20 bits per heavy atom. The summed E-state index contributed by atoms with van der Waals surface area (Å²) in [7, 11) is 0. The first-order valence-corrected chi connectivity index (χ1v) is 7.74. The first-order chi connectivity index (χ1) is 9.85. The van der Waals surface area contributed by atoms with E-state index in [9.17, 15) is 0 Å². The molecule has 1 saturated heterocycles. The van der Waals surface area contributed by atoms with Crippen molar-refractivity contribution in [2.24, 2.45) is 0 Å². The van der Waals surface area contributed by atoms with Crippen LogP contribution in [0, 0.1) is 0 Å². The van der Waals surface area contributed by atoms with E-state index in [-0.39, 0.29) is 0 Å². The maximum absolute atomic E-state index is 5.61. The molecule has 1 aliphatic carbocycles. The monoisotopic (exact) mass is 276 g/mol. The summed E-state index contributed by atoms with van der Waals surface area (Å²) >= 11 is 0. The number of aromatic nitrogens is 2. The molecule has 0 spiro atoms. The number of hydrogen-bond donors (Lipinski definition) is 1. The predicted octanol–water partition coefficient (Wildman–Crippen LogP) is 1.60. The summed E-state index contributed by atoms with van der Waals surface area (Å²) in [5, 5.41) is 3.77. The first-order valence-electron chi connectivity index (χ1n) is 7.74. The average molecular weight is 276 g/mol. The van der Waals surface area contributed by atoms with Crippen LogP contribution in [-0.4, -0.2) is 47.9 Å². The summed E-state index contributed by atoms with van der Waals surface area (Å²) in [5.74, 6) is 0.867. The fourth-order valence-electron chi connectivity index (χ4n) is 3.11. The van der Waals surface area contributed by atoms with Gasteiger partial charge >= 0.3 is 0 Å². The van der Waals surface area contributed by atoms with Crippen molar-refractivity contribution in [1.82, 2.24) is 15.3 Å². The highest BCUT2D eigenvalue weighted by molar-refractivity contribution is 5.29. The minimum Gasteiger partial charge on any atom is -0.378 e. The van der Waals surface area contributed by atoms with Crippen LogP contribution in [0.2, 0.25) is 0 Å². The van der Waals surface area contributed by atoms with Gasteiger partial charge in [-0.3, -0.25) is 0 Å². The summed E-state index contributed by atoms with van der Waals surface area (Å²) < 4.78 is 5.61. The van der Waals surface area contributed by atoms with Gasteiger partial charge in [0.1, 0.15) is 0 Å². The second-order valence-electron chi connectivity index (χ2n) is 5.72. The molecule has 5 nitrogen and oxygen atoms in total. The molecule has 0 unspecified atom stereocenters. The third kappa shape index (κ3) is 3.27.